The van der Waals surface area contributed by atoms with Crippen molar-refractivity contribution in [2.75, 3.05) is 0 Å². The van der Waals surface area contributed by atoms with Crippen molar-refractivity contribution >= 4 is 12.3 Å². The summed E-state index contributed by atoms with van der Waals surface area (Å²) >= 11 is 0. The van der Waals surface area contributed by atoms with Gasteiger partial charge in [0.05, 0.1) is 0 Å². The zero-order chi connectivity index (χ0) is 5.40. The minimum absolute atomic E-state index is 0.880. The van der Waals surface area contributed by atoms with Crippen molar-refractivity contribution in [3.8, 4) is 0 Å². The van der Waals surface area contributed by atoms with E-state index in [1.54, 1.807) is 0 Å². The van der Waals surface area contributed by atoms with Gasteiger partial charge in [0.15, 0.2) is 6.71 Å². The Balaban J connectivity index is 2.28. The minimum Gasteiger partial charge on any atom is -0.373 e. The van der Waals surface area contributed by atoms with Crippen LogP contribution in [0.5, 0.6) is 0 Å². The third kappa shape index (κ3) is 0.567. The molecule has 1 nitrogen and oxygen atoms in total. The van der Waals surface area contributed by atoms with Gasteiger partial charge >= 0.3 is 0 Å². The van der Waals surface area contributed by atoms with E-state index in [4.69, 9.17) is 0 Å². The molecule has 0 saturated carbocycles. The van der Waals surface area contributed by atoms with E-state index in [1.807, 2.05) is 6.20 Å². The van der Waals surface area contributed by atoms with Gasteiger partial charge in [-0.3, -0.25) is 0 Å². The molecule has 1 aliphatic heterocycles. The Bertz CT molecular complexity index is 165. The fourth-order valence-electron chi connectivity index (χ4n) is 0.993. The molecule has 0 aliphatic carbocycles. The summed E-state index contributed by atoms with van der Waals surface area (Å²) in [5, 5.41) is 0. The van der Waals surface area contributed by atoms with Crippen molar-refractivity contribution in [2.45, 2.75) is 12.6 Å². The number of hydrogen-bond acceptors (Lipinski definition) is 0. The minimum atomic E-state index is 0.880. The number of H-pyrrole nitrogens is 1. The van der Waals surface area contributed by atoms with Gasteiger partial charge in [-0.1, -0.05) is 18.7 Å². The van der Waals surface area contributed by atoms with Gasteiger partial charge in [0.25, 0.3) is 0 Å². The summed E-state index contributed by atoms with van der Waals surface area (Å²) in [5.74, 6) is 0. The van der Waals surface area contributed by atoms with Gasteiger partial charge in [-0.25, -0.2) is 0 Å². The summed E-state index contributed by atoms with van der Waals surface area (Å²) in [4.78, 5) is 3.20. The maximum atomic E-state index is 3.20. The first kappa shape index (κ1) is 4.25. The van der Waals surface area contributed by atoms with Gasteiger partial charge in [-0.2, -0.15) is 0 Å². The third-order valence-electron chi connectivity index (χ3n) is 1.64. The Morgan fingerprint density at radius 1 is 1.50 bits per heavy atom. The summed E-state index contributed by atoms with van der Waals surface area (Å²) in [6.45, 7) is 0.880. The molecule has 1 N–H and O–H groups in total. The number of hydrogen-bond donors (Lipinski definition) is 1. The zero-order valence-electron chi connectivity index (χ0n) is 4.72. The van der Waals surface area contributed by atoms with Gasteiger partial charge in [-0.05, 0) is 17.9 Å². The molecule has 1 aromatic rings. The Morgan fingerprint density at radius 3 is 2.88 bits per heavy atom. The average Bonchev–Trinajstić information content (AvgIpc) is 2.49. The number of rotatable bonds is 1. The average molecular weight is 105 g/mol. The number of aromatic nitrogens is 1. The maximum Gasteiger partial charge on any atom is 0.195 e. The molecule has 1 aromatic heterocycles. The number of nitrogens with one attached hydrogen (secondary N) is 1. The predicted molar refractivity (Wildman–Crippen MR) is 35.8 cm³/mol. The van der Waals surface area contributed by atoms with E-state index in [0.29, 0.717) is 0 Å². The molecular formula is C6H8BN. The highest BCUT2D eigenvalue weighted by atomic mass is 14.7. The molecule has 0 amide bonds. The zero-order valence-corrected chi connectivity index (χ0v) is 4.72. The molecule has 1 fully saturated rings. The van der Waals surface area contributed by atoms with Crippen molar-refractivity contribution in [3.05, 3.63) is 18.3 Å². The normalized spacial score (nSPS) is 16.8. The molecule has 2 heterocycles. The van der Waals surface area contributed by atoms with Crippen LogP contribution in [0.3, 0.4) is 0 Å². The molecule has 0 unspecified atom stereocenters. The van der Waals surface area contributed by atoms with Crippen LogP contribution in [0.4, 0.5) is 0 Å². The van der Waals surface area contributed by atoms with Crippen LogP contribution >= 0.6 is 0 Å². The molecule has 0 bridgehead atoms. The molecule has 0 atom stereocenters. The molecule has 0 radical (unpaired) electrons. The smallest absolute Gasteiger partial charge is 0.195 e. The van der Waals surface area contributed by atoms with Gasteiger partial charge in [0.1, 0.15) is 0 Å². The van der Waals surface area contributed by atoms with Crippen LogP contribution in [0.2, 0.25) is 12.6 Å². The van der Waals surface area contributed by atoms with Crippen LogP contribution in [0, 0.1) is 0 Å². The molecular weight excluding hydrogens is 96.9 g/mol. The Morgan fingerprint density at radius 2 is 2.38 bits per heavy atom. The van der Waals surface area contributed by atoms with Gasteiger partial charge in [0.2, 0.25) is 0 Å². The molecule has 8 heavy (non-hydrogen) atoms. The summed E-state index contributed by atoms with van der Waals surface area (Å²) in [7, 11) is 0. The van der Waals surface area contributed by atoms with Crippen LogP contribution in [-0.2, 0) is 0 Å². The summed E-state index contributed by atoms with van der Waals surface area (Å²) in [5.41, 5.74) is 1.42. The first-order valence-corrected chi connectivity index (χ1v) is 3.10. The molecule has 0 spiro atoms. The van der Waals surface area contributed by atoms with Crippen LogP contribution in [0.1, 0.15) is 0 Å². The first-order valence-electron chi connectivity index (χ1n) is 3.10. The van der Waals surface area contributed by atoms with Crippen molar-refractivity contribution in [1.82, 2.24) is 4.98 Å². The van der Waals surface area contributed by atoms with Crippen LogP contribution in [0.25, 0.3) is 0 Å². The lowest BCUT2D eigenvalue weighted by Gasteiger charge is -1.81. The van der Waals surface area contributed by atoms with Crippen LogP contribution in [-0.4, -0.2) is 11.7 Å². The molecule has 0 aromatic carbocycles. The van der Waals surface area contributed by atoms with E-state index >= 15 is 0 Å². The van der Waals surface area contributed by atoms with Crippen LogP contribution in [0.15, 0.2) is 18.3 Å². The molecule has 1 saturated heterocycles. The topological polar surface area (TPSA) is 15.8 Å². The number of aromatic amines is 1. The fourth-order valence-corrected chi connectivity index (χ4v) is 0.993. The third-order valence-corrected chi connectivity index (χ3v) is 1.64. The lowest BCUT2D eigenvalue weighted by Crippen LogP contribution is -2.14. The van der Waals surface area contributed by atoms with Crippen molar-refractivity contribution < 1.29 is 0 Å². The second kappa shape index (κ2) is 1.41. The van der Waals surface area contributed by atoms with Gasteiger partial charge in [-0.15, -0.1) is 0 Å². The first-order chi connectivity index (χ1) is 3.97. The fraction of sp³-hybridized carbons (Fsp3) is 0.333. The van der Waals surface area contributed by atoms with Crippen LogP contribution < -0.4 is 5.59 Å². The second-order valence-electron chi connectivity index (χ2n) is 2.40. The molecule has 2 rings (SSSR count). The lowest BCUT2D eigenvalue weighted by atomic mass is 9.67. The van der Waals surface area contributed by atoms with Gasteiger partial charge in [0, 0.05) is 0 Å². The van der Waals surface area contributed by atoms with E-state index in [-0.39, 0.29) is 0 Å². The van der Waals surface area contributed by atoms with E-state index in [0.717, 1.165) is 6.71 Å². The van der Waals surface area contributed by atoms with E-state index in [9.17, 15) is 0 Å². The molecule has 2 heteroatoms. The Labute approximate surface area is 49.2 Å². The second-order valence-corrected chi connectivity index (χ2v) is 2.40. The summed E-state index contributed by atoms with van der Waals surface area (Å²) < 4.78 is 0. The Hall–Kier alpha value is -0.655. The molecule has 40 valence electrons. The summed E-state index contributed by atoms with van der Waals surface area (Å²) in [6.07, 6.45) is 4.77. The van der Waals surface area contributed by atoms with E-state index < -0.39 is 0 Å². The largest absolute Gasteiger partial charge is 0.373 e. The standard InChI is InChI=1S/C6H8BN/c1-2-6(8-5-1)7-3-4-7/h1-2,5,8H,3-4H2. The predicted octanol–water partition coefficient (Wildman–Crippen LogP) is 0.730. The molecule has 1 aliphatic rings. The van der Waals surface area contributed by atoms with Crippen molar-refractivity contribution in [3.63, 3.8) is 0 Å². The Kier molecular flexibility index (Phi) is 0.748. The van der Waals surface area contributed by atoms with Crippen molar-refractivity contribution in [1.29, 1.82) is 0 Å². The monoisotopic (exact) mass is 105 g/mol. The SMILES string of the molecule is c1c[nH]c(B2CC2)c1. The van der Waals surface area contributed by atoms with E-state index in [2.05, 4.69) is 17.1 Å². The maximum absolute atomic E-state index is 3.20. The quantitative estimate of drug-likeness (QED) is 0.506. The highest BCUT2D eigenvalue weighted by Gasteiger charge is 2.28. The highest BCUT2D eigenvalue weighted by Crippen LogP contribution is 2.19. The highest BCUT2D eigenvalue weighted by molar-refractivity contribution is 6.81. The van der Waals surface area contributed by atoms with Gasteiger partial charge < -0.3 is 4.98 Å². The lowest BCUT2D eigenvalue weighted by molar-refractivity contribution is 1.47. The summed E-state index contributed by atoms with van der Waals surface area (Å²) in [6, 6.07) is 4.23. The van der Waals surface area contributed by atoms with Crippen molar-refractivity contribution in [2.24, 2.45) is 0 Å². The van der Waals surface area contributed by atoms with E-state index in [1.165, 1.54) is 18.2 Å².